The van der Waals surface area contributed by atoms with Crippen molar-refractivity contribution < 1.29 is 0 Å². The van der Waals surface area contributed by atoms with E-state index in [0.717, 1.165) is 9.63 Å². The number of fused-ring (bicyclic) bond motifs is 3. The molecular weight excluding hydrogens is 301 g/mol. The Morgan fingerprint density at radius 3 is 1.80 bits per heavy atom. The van der Waals surface area contributed by atoms with Gasteiger partial charge in [0.2, 0.25) is 0 Å². The average Bonchev–Trinajstić information content (AvgIpc) is 2.65. The van der Waals surface area contributed by atoms with Gasteiger partial charge in [0.15, 0.2) is 0 Å². The standard InChI is InChI=1S/C6H4Cl2Se2/c7-5-1-2-6(8)4(10-6)3(5)9-5/h1-4H. The van der Waals surface area contributed by atoms with Gasteiger partial charge in [0.05, 0.1) is 0 Å². The number of hydrogen-bond donors (Lipinski definition) is 0. The number of halogens is 2. The molecule has 0 saturated carbocycles. The third-order valence-electron chi connectivity index (χ3n) is 2.09. The first-order chi connectivity index (χ1) is 4.64. The van der Waals surface area contributed by atoms with Gasteiger partial charge in [0.1, 0.15) is 0 Å². The molecule has 0 aromatic heterocycles. The van der Waals surface area contributed by atoms with Gasteiger partial charge in [0, 0.05) is 0 Å². The molecule has 2 aliphatic heterocycles. The Bertz CT molecular complexity index is 218. The van der Waals surface area contributed by atoms with Crippen LogP contribution in [0.3, 0.4) is 0 Å². The van der Waals surface area contributed by atoms with Crippen LogP contribution in [0, 0.1) is 0 Å². The molecule has 4 unspecified atom stereocenters. The molecule has 3 aliphatic rings. The topological polar surface area (TPSA) is 0 Å². The van der Waals surface area contributed by atoms with Crippen LogP contribution in [-0.2, 0) is 0 Å². The Morgan fingerprint density at radius 1 is 1.00 bits per heavy atom. The summed E-state index contributed by atoms with van der Waals surface area (Å²) in [6.45, 7) is 0. The van der Waals surface area contributed by atoms with E-state index in [0.29, 0.717) is 29.9 Å². The van der Waals surface area contributed by atoms with Crippen molar-refractivity contribution in [1.29, 1.82) is 0 Å². The second-order valence-corrected chi connectivity index (χ2v) is 11.0. The zero-order valence-electron chi connectivity index (χ0n) is 4.88. The van der Waals surface area contributed by atoms with Crippen LogP contribution in [0.5, 0.6) is 0 Å². The molecule has 0 bridgehead atoms. The van der Waals surface area contributed by atoms with Crippen molar-refractivity contribution in [1.82, 2.24) is 0 Å². The molecule has 54 valence electrons. The fourth-order valence-electron chi connectivity index (χ4n) is 1.35. The van der Waals surface area contributed by atoms with Crippen molar-refractivity contribution in [2.45, 2.75) is 17.2 Å². The summed E-state index contributed by atoms with van der Waals surface area (Å²) in [7, 11) is 0. The van der Waals surface area contributed by atoms with Gasteiger partial charge in [-0.25, -0.2) is 0 Å². The molecule has 10 heavy (non-hydrogen) atoms. The molecule has 0 amide bonds. The Balaban J connectivity index is 2.04. The van der Waals surface area contributed by atoms with Gasteiger partial charge >= 0.3 is 82.4 Å². The first-order valence-electron chi connectivity index (χ1n) is 3.08. The summed E-state index contributed by atoms with van der Waals surface area (Å²) in [5.74, 6) is 0. The predicted octanol–water partition coefficient (Wildman–Crippen LogP) is 1.44. The molecule has 0 nitrogen and oxygen atoms in total. The summed E-state index contributed by atoms with van der Waals surface area (Å²) < 4.78 is 0.239. The SMILES string of the molecule is ClC12C=CC3(Cl)[Se]C3C1[Se]2. The molecule has 0 N–H and O–H groups in total. The fourth-order valence-corrected chi connectivity index (χ4v) is 9.43. The summed E-state index contributed by atoms with van der Waals surface area (Å²) in [6.07, 6.45) is 4.30. The van der Waals surface area contributed by atoms with Gasteiger partial charge in [-0.2, -0.15) is 0 Å². The molecule has 2 saturated heterocycles. The Morgan fingerprint density at radius 2 is 1.40 bits per heavy atom. The van der Waals surface area contributed by atoms with Crippen LogP contribution in [0.2, 0.25) is 9.63 Å². The van der Waals surface area contributed by atoms with Crippen LogP contribution in [0.1, 0.15) is 0 Å². The van der Waals surface area contributed by atoms with Crippen molar-refractivity contribution in [3.8, 4) is 0 Å². The van der Waals surface area contributed by atoms with E-state index >= 15 is 0 Å². The van der Waals surface area contributed by atoms with E-state index in [1.165, 1.54) is 0 Å². The first kappa shape index (κ1) is 6.83. The zero-order valence-corrected chi connectivity index (χ0v) is 9.82. The van der Waals surface area contributed by atoms with E-state index < -0.39 is 0 Å². The Labute approximate surface area is 82.0 Å². The van der Waals surface area contributed by atoms with Crippen molar-refractivity contribution in [2.24, 2.45) is 0 Å². The summed E-state index contributed by atoms with van der Waals surface area (Å²) in [5, 5.41) is 0. The summed E-state index contributed by atoms with van der Waals surface area (Å²) in [6, 6.07) is 0. The van der Waals surface area contributed by atoms with Crippen LogP contribution < -0.4 is 0 Å². The van der Waals surface area contributed by atoms with E-state index in [1.54, 1.807) is 0 Å². The summed E-state index contributed by atoms with van der Waals surface area (Å²) in [5.41, 5.74) is 0. The molecule has 0 radical (unpaired) electrons. The molecule has 2 fully saturated rings. The van der Waals surface area contributed by atoms with Gasteiger partial charge in [-0.05, 0) is 0 Å². The van der Waals surface area contributed by atoms with Crippen molar-refractivity contribution >= 4 is 53.1 Å². The second-order valence-electron chi connectivity index (χ2n) is 2.81. The molecule has 1 aliphatic carbocycles. The molecule has 2 heterocycles. The van der Waals surface area contributed by atoms with E-state index in [9.17, 15) is 0 Å². The average molecular weight is 305 g/mol. The molecule has 0 aromatic rings. The predicted molar refractivity (Wildman–Crippen MR) is 45.3 cm³/mol. The number of allylic oxidation sites excluding steroid dienone is 2. The normalized spacial score (nSPS) is 68.6. The Hall–Kier alpha value is 1.36. The third kappa shape index (κ3) is 0.710. The van der Waals surface area contributed by atoms with Gasteiger partial charge in [-0.15, -0.1) is 0 Å². The number of hydrogen-bond acceptors (Lipinski definition) is 0. The van der Waals surface area contributed by atoms with E-state index in [2.05, 4.69) is 12.2 Å². The Kier molecular flexibility index (Phi) is 1.14. The van der Waals surface area contributed by atoms with E-state index in [4.69, 9.17) is 23.2 Å². The number of alkyl halides is 2. The summed E-state index contributed by atoms with van der Waals surface area (Å²) >= 11 is 13.8. The van der Waals surface area contributed by atoms with Crippen LogP contribution in [-0.4, -0.2) is 37.5 Å². The molecule has 4 atom stereocenters. The van der Waals surface area contributed by atoms with Crippen LogP contribution in [0.4, 0.5) is 0 Å². The molecule has 3 rings (SSSR count). The van der Waals surface area contributed by atoms with Crippen LogP contribution in [0.25, 0.3) is 0 Å². The molecular formula is C6H4Cl2Se2. The zero-order chi connectivity index (χ0) is 6.98. The maximum atomic E-state index is 6.22. The van der Waals surface area contributed by atoms with Crippen molar-refractivity contribution in [3.63, 3.8) is 0 Å². The fraction of sp³-hybridized carbons (Fsp3) is 0.667. The van der Waals surface area contributed by atoms with Gasteiger partial charge in [-0.3, -0.25) is 0 Å². The quantitative estimate of drug-likeness (QED) is 0.361. The van der Waals surface area contributed by atoms with Crippen LogP contribution >= 0.6 is 23.2 Å². The maximum absolute atomic E-state index is 6.22. The van der Waals surface area contributed by atoms with Gasteiger partial charge in [0.25, 0.3) is 0 Å². The van der Waals surface area contributed by atoms with E-state index in [1.807, 2.05) is 0 Å². The van der Waals surface area contributed by atoms with E-state index in [-0.39, 0.29) is 7.55 Å². The van der Waals surface area contributed by atoms with Crippen molar-refractivity contribution in [3.05, 3.63) is 12.2 Å². The van der Waals surface area contributed by atoms with Crippen molar-refractivity contribution in [2.75, 3.05) is 0 Å². The summed E-state index contributed by atoms with van der Waals surface area (Å²) in [4.78, 5) is 1.59. The molecule has 4 heteroatoms. The first-order valence-corrected chi connectivity index (χ1v) is 7.53. The van der Waals surface area contributed by atoms with Crippen LogP contribution in [0.15, 0.2) is 12.2 Å². The molecule has 0 spiro atoms. The molecule has 0 aromatic carbocycles. The minimum absolute atomic E-state index is 0.119. The monoisotopic (exact) mass is 306 g/mol. The second kappa shape index (κ2) is 1.66. The third-order valence-corrected chi connectivity index (χ3v) is 11.1. The minimum atomic E-state index is 0.119. The number of rotatable bonds is 0. The van der Waals surface area contributed by atoms with Gasteiger partial charge < -0.3 is 0 Å². The van der Waals surface area contributed by atoms with Gasteiger partial charge in [-0.1, -0.05) is 0 Å².